The number of amides is 1. The molecule has 1 aliphatic carbocycles. The normalized spacial score (nSPS) is 16.6. The summed E-state index contributed by atoms with van der Waals surface area (Å²) in [7, 11) is -4.00. The molecule has 1 fully saturated rings. The van der Waals surface area contributed by atoms with E-state index >= 15 is 0 Å². The summed E-state index contributed by atoms with van der Waals surface area (Å²) >= 11 is 0. The van der Waals surface area contributed by atoms with Crippen LogP contribution in [0.1, 0.15) is 31.2 Å². The van der Waals surface area contributed by atoms with Crippen molar-refractivity contribution in [1.29, 1.82) is 0 Å². The molecule has 2 aromatic rings. The molecule has 0 saturated heterocycles. The van der Waals surface area contributed by atoms with Crippen LogP contribution in [0, 0.1) is 16.0 Å². The minimum Gasteiger partial charge on any atom is -0.312 e. The number of benzene rings is 2. The highest BCUT2D eigenvalue weighted by atomic mass is 32.2. The first-order valence-electron chi connectivity index (χ1n) is 9.57. The molecule has 1 aliphatic heterocycles. The van der Waals surface area contributed by atoms with Crippen LogP contribution in [0.5, 0.6) is 0 Å². The molecule has 29 heavy (non-hydrogen) atoms. The van der Waals surface area contributed by atoms with Gasteiger partial charge in [-0.1, -0.05) is 25.0 Å². The number of carbonyl (C=O) groups is 1. The average Bonchev–Trinajstić information content (AvgIpc) is 3.37. The van der Waals surface area contributed by atoms with E-state index in [1.54, 1.807) is 17.0 Å². The lowest BCUT2D eigenvalue weighted by molar-refractivity contribution is -0.385. The van der Waals surface area contributed by atoms with Gasteiger partial charge in [0.1, 0.15) is 0 Å². The summed E-state index contributed by atoms with van der Waals surface area (Å²) < 4.78 is 27.8. The Labute approximate surface area is 168 Å². The number of rotatable bonds is 5. The topological polar surface area (TPSA) is 110 Å². The number of sulfonamides is 1. The lowest BCUT2D eigenvalue weighted by atomic mass is 10.1. The molecule has 0 atom stereocenters. The second kappa shape index (κ2) is 7.47. The standard InChI is InChI=1S/C20H21N3O5S/c24-20(15-4-1-2-5-15)22-11-10-14-8-9-16(12-19(14)22)21-29(27,28)18-7-3-6-17(13-18)23(25)26/h3,6-9,12-13,15,21H,1-2,4-5,10-11H2. The lowest BCUT2D eigenvalue weighted by Crippen LogP contribution is -2.33. The van der Waals surface area contributed by atoms with Crippen molar-refractivity contribution in [2.75, 3.05) is 16.2 Å². The molecule has 0 spiro atoms. The number of anilines is 2. The molecule has 2 aliphatic rings. The van der Waals surface area contributed by atoms with Gasteiger partial charge in [0.25, 0.3) is 15.7 Å². The van der Waals surface area contributed by atoms with Crippen molar-refractivity contribution < 1.29 is 18.1 Å². The molecule has 8 nitrogen and oxygen atoms in total. The van der Waals surface area contributed by atoms with Gasteiger partial charge in [-0.15, -0.1) is 0 Å². The Kier molecular flexibility index (Phi) is 4.99. The summed E-state index contributed by atoms with van der Waals surface area (Å²) in [6.45, 7) is 0.603. The van der Waals surface area contributed by atoms with Crippen molar-refractivity contribution in [3.63, 3.8) is 0 Å². The van der Waals surface area contributed by atoms with Crippen molar-refractivity contribution in [1.82, 2.24) is 0 Å². The summed E-state index contributed by atoms with van der Waals surface area (Å²) in [5, 5.41) is 10.9. The van der Waals surface area contributed by atoms with Crippen LogP contribution in [-0.4, -0.2) is 25.8 Å². The third-order valence-corrected chi connectivity index (χ3v) is 6.92. The van der Waals surface area contributed by atoms with Crippen LogP contribution in [0.25, 0.3) is 0 Å². The number of hydrogen-bond donors (Lipinski definition) is 1. The summed E-state index contributed by atoms with van der Waals surface area (Å²) in [5.41, 5.74) is 1.77. The first-order chi connectivity index (χ1) is 13.8. The molecular weight excluding hydrogens is 394 g/mol. The van der Waals surface area contributed by atoms with Gasteiger partial charge in [-0.2, -0.15) is 0 Å². The predicted octanol–water partition coefficient (Wildman–Crippen LogP) is 3.47. The number of nitro benzene ring substituents is 1. The Balaban J connectivity index is 1.59. The van der Waals surface area contributed by atoms with E-state index in [4.69, 9.17) is 0 Å². The van der Waals surface area contributed by atoms with Crippen molar-refractivity contribution in [2.24, 2.45) is 5.92 Å². The summed E-state index contributed by atoms with van der Waals surface area (Å²) in [4.78, 5) is 24.7. The Morgan fingerprint density at radius 2 is 1.90 bits per heavy atom. The number of fused-ring (bicyclic) bond motifs is 1. The van der Waals surface area contributed by atoms with E-state index in [-0.39, 0.29) is 22.4 Å². The monoisotopic (exact) mass is 415 g/mol. The van der Waals surface area contributed by atoms with Crippen molar-refractivity contribution in [3.05, 3.63) is 58.1 Å². The van der Waals surface area contributed by atoms with E-state index < -0.39 is 14.9 Å². The minimum absolute atomic E-state index is 0.0474. The maximum atomic E-state index is 12.9. The van der Waals surface area contributed by atoms with Crippen LogP contribution in [0.15, 0.2) is 47.4 Å². The largest absolute Gasteiger partial charge is 0.312 e. The first-order valence-corrected chi connectivity index (χ1v) is 11.0. The fourth-order valence-electron chi connectivity index (χ4n) is 4.04. The zero-order chi connectivity index (χ0) is 20.6. The van der Waals surface area contributed by atoms with Crippen molar-refractivity contribution in [3.8, 4) is 0 Å². The smallest absolute Gasteiger partial charge is 0.270 e. The third-order valence-electron chi connectivity index (χ3n) is 5.54. The van der Waals surface area contributed by atoms with E-state index in [2.05, 4.69) is 4.72 Å². The van der Waals surface area contributed by atoms with Crippen LogP contribution >= 0.6 is 0 Å². The van der Waals surface area contributed by atoms with Gasteiger partial charge in [-0.3, -0.25) is 19.6 Å². The van der Waals surface area contributed by atoms with E-state index in [0.717, 1.165) is 49.4 Å². The van der Waals surface area contributed by atoms with E-state index in [1.807, 2.05) is 6.07 Å². The Morgan fingerprint density at radius 3 is 2.62 bits per heavy atom. The maximum Gasteiger partial charge on any atom is 0.270 e. The van der Waals surface area contributed by atoms with Gasteiger partial charge in [-0.05, 0) is 43.0 Å². The summed E-state index contributed by atoms with van der Waals surface area (Å²) in [6.07, 6.45) is 4.69. The summed E-state index contributed by atoms with van der Waals surface area (Å²) in [5.74, 6) is 0.158. The molecular formula is C20H21N3O5S. The molecule has 0 bridgehead atoms. The Hall–Kier alpha value is -2.94. The van der Waals surface area contributed by atoms with Gasteiger partial charge in [-0.25, -0.2) is 8.42 Å². The molecule has 0 radical (unpaired) electrons. The molecule has 152 valence electrons. The quantitative estimate of drug-likeness (QED) is 0.594. The molecule has 4 rings (SSSR count). The fraction of sp³-hybridized carbons (Fsp3) is 0.350. The lowest BCUT2D eigenvalue weighted by Gasteiger charge is -2.21. The average molecular weight is 415 g/mol. The van der Waals surface area contributed by atoms with Gasteiger partial charge in [0.15, 0.2) is 0 Å². The number of carbonyl (C=O) groups excluding carboxylic acids is 1. The maximum absolute atomic E-state index is 12.9. The van der Waals surface area contributed by atoms with E-state index in [9.17, 15) is 23.3 Å². The van der Waals surface area contributed by atoms with Gasteiger partial charge >= 0.3 is 0 Å². The minimum atomic E-state index is -4.00. The van der Waals surface area contributed by atoms with Crippen molar-refractivity contribution >= 4 is 33.0 Å². The number of nitrogens with one attached hydrogen (secondary N) is 1. The van der Waals surface area contributed by atoms with Crippen LogP contribution in [0.4, 0.5) is 17.1 Å². The van der Waals surface area contributed by atoms with Gasteiger partial charge in [0.2, 0.25) is 5.91 Å². The highest BCUT2D eigenvalue weighted by Gasteiger charge is 2.32. The van der Waals surface area contributed by atoms with E-state index in [1.165, 1.54) is 18.2 Å². The molecule has 1 amide bonds. The molecule has 9 heteroatoms. The molecule has 1 heterocycles. The number of nitrogens with zero attached hydrogens (tertiary/aromatic N) is 2. The number of nitro groups is 1. The van der Waals surface area contributed by atoms with Crippen LogP contribution in [-0.2, 0) is 21.2 Å². The number of non-ortho nitro benzene ring substituents is 1. The molecule has 0 unspecified atom stereocenters. The Bertz CT molecular complexity index is 1080. The van der Waals surface area contributed by atoms with Crippen molar-refractivity contribution in [2.45, 2.75) is 37.0 Å². The molecule has 1 N–H and O–H groups in total. The molecule has 0 aromatic heterocycles. The predicted molar refractivity (Wildman–Crippen MR) is 108 cm³/mol. The SMILES string of the molecule is O=C(C1CCCC1)N1CCc2ccc(NS(=O)(=O)c3cccc([N+](=O)[O-])c3)cc21. The van der Waals surface area contributed by atoms with Gasteiger partial charge < -0.3 is 4.90 Å². The van der Waals surface area contributed by atoms with Gasteiger partial charge in [0.05, 0.1) is 15.5 Å². The number of hydrogen-bond acceptors (Lipinski definition) is 5. The first kappa shape index (κ1) is 19.4. The molecule has 2 aromatic carbocycles. The van der Waals surface area contributed by atoms with Crippen LogP contribution in [0.3, 0.4) is 0 Å². The highest BCUT2D eigenvalue weighted by molar-refractivity contribution is 7.92. The van der Waals surface area contributed by atoms with Crippen LogP contribution in [0.2, 0.25) is 0 Å². The Morgan fingerprint density at radius 1 is 1.14 bits per heavy atom. The molecule has 1 saturated carbocycles. The van der Waals surface area contributed by atoms with Gasteiger partial charge in [0, 0.05) is 30.3 Å². The zero-order valence-corrected chi connectivity index (χ0v) is 16.5. The van der Waals surface area contributed by atoms with Crippen LogP contribution < -0.4 is 9.62 Å². The second-order valence-electron chi connectivity index (χ2n) is 7.42. The third kappa shape index (κ3) is 3.82. The van der Waals surface area contributed by atoms with E-state index in [0.29, 0.717) is 12.2 Å². The fourth-order valence-corrected chi connectivity index (χ4v) is 5.13. The zero-order valence-electron chi connectivity index (χ0n) is 15.7. The second-order valence-corrected chi connectivity index (χ2v) is 9.11. The summed E-state index contributed by atoms with van der Waals surface area (Å²) in [6, 6.07) is 10.0. The highest BCUT2D eigenvalue weighted by Crippen LogP contribution is 2.35.